The average Bonchev–Trinajstić information content (AvgIpc) is 2.78. The Labute approximate surface area is 95.3 Å². The molecule has 2 fully saturated rings. The Morgan fingerprint density at radius 3 is 2.94 bits per heavy atom. The molecule has 3 rings (SSSR count). The highest BCUT2D eigenvalue weighted by Gasteiger charge is 2.43. The SMILES string of the molecule is c1c[nH]c(C2(CC3CNCCO3)COC2)c1. The van der Waals surface area contributed by atoms with E-state index in [4.69, 9.17) is 9.47 Å². The smallest absolute Gasteiger partial charge is 0.0710 e. The molecule has 0 amide bonds. The molecule has 16 heavy (non-hydrogen) atoms. The van der Waals surface area contributed by atoms with Gasteiger partial charge in [-0.25, -0.2) is 0 Å². The molecule has 4 nitrogen and oxygen atoms in total. The second kappa shape index (κ2) is 4.20. The van der Waals surface area contributed by atoms with E-state index < -0.39 is 0 Å². The van der Waals surface area contributed by atoms with E-state index in [1.807, 2.05) is 6.20 Å². The lowest BCUT2D eigenvalue weighted by Crippen LogP contribution is -2.52. The molecule has 3 heterocycles. The highest BCUT2D eigenvalue weighted by molar-refractivity contribution is 5.21. The molecule has 2 aliphatic heterocycles. The summed E-state index contributed by atoms with van der Waals surface area (Å²) in [6.07, 6.45) is 3.34. The van der Waals surface area contributed by atoms with E-state index in [1.165, 1.54) is 5.69 Å². The Morgan fingerprint density at radius 2 is 2.38 bits per heavy atom. The van der Waals surface area contributed by atoms with Gasteiger partial charge < -0.3 is 19.8 Å². The van der Waals surface area contributed by atoms with Crippen molar-refractivity contribution >= 4 is 0 Å². The van der Waals surface area contributed by atoms with E-state index in [1.54, 1.807) is 0 Å². The van der Waals surface area contributed by atoms with Crippen LogP contribution in [0.15, 0.2) is 18.3 Å². The number of aromatic nitrogens is 1. The number of nitrogens with one attached hydrogen (secondary N) is 2. The van der Waals surface area contributed by atoms with Crippen LogP contribution >= 0.6 is 0 Å². The fourth-order valence-corrected chi connectivity index (χ4v) is 2.58. The molecule has 0 aliphatic carbocycles. The molecule has 0 bridgehead atoms. The molecule has 4 heteroatoms. The Balaban J connectivity index is 1.70. The highest BCUT2D eigenvalue weighted by Crippen LogP contribution is 2.36. The van der Waals surface area contributed by atoms with Crippen molar-refractivity contribution in [3.05, 3.63) is 24.0 Å². The van der Waals surface area contributed by atoms with Gasteiger partial charge in [0.2, 0.25) is 0 Å². The molecule has 1 aromatic rings. The van der Waals surface area contributed by atoms with Crippen LogP contribution in [0.4, 0.5) is 0 Å². The maximum Gasteiger partial charge on any atom is 0.0710 e. The zero-order valence-electron chi connectivity index (χ0n) is 9.37. The minimum atomic E-state index is 0.160. The summed E-state index contributed by atoms with van der Waals surface area (Å²) in [6, 6.07) is 4.20. The first-order chi connectivity index (χ1) is 7.89. The Morgan fingerprint density at radius 1 is 1.44 bits per heavy atom. The van der Waals surface area contributed by atoms with Gasteiger partial charge >= 0.3 is 0 Å². The third-order valence-corrected chi connectivity index (χ3v) is 3.55. The maximum atomic E-state index is 5.78. The van der Waals surface area contributed by atoms with E-state index in [0.717, 1.165) is 39.3 Å². The molecule has 0 aromatic carbocycles. The summed E-state index contributed by atoms with van der Waals surface area (Å²) in [7, 11) is 0. The Bertz CT molecular complexity index is 327. The zero-order valence-corrected chi connectivity index (χ0v) is 9.37. The Kier molecular flexibility index (Phi) is 2.71. The van der Waals surface area contributed by atoms with Crippen molar-refractivity contribution in [2.75, 3.05) is 32.9 Å². The van der Waals surface area contributed by atoms with Gasteiger partial charge in [-0.1, -0.05) is 0 Å². The van der Waals surface area contributed by atoms with Gasteiger partial charge in [-0.3, -0.25) is 0 Å². The summed E-state index contributed by atoms with van der Waals surface area (Å²) in [5, 5.41) is 3.37. The van der Waals surface area contributed by atoms with Crippen molar-refractivity contribution in [2.24, 2.45) is 0 Å². The van der Waals surface area contributed by atoms with Gasteiger partial charge in [0.05, 0.1) is 31.3 Å². The first-order valence-electron chi connectivity index (χ1n) is 5.93. The summed E-state index contributed by atoms with van der Waals surface area (Å²) in [4.78, 5) is 3.31. The van der Waals surface area contributed by atoms with Gasteiger partial charge in [-0.15, -0.1) is 0 Å². The standard InChI is InChI=1S/C12H18N2O2/c1-2-11(14-3-1)12(8-15-9-12)6-10-7-13-4-5-16-10/h1-3,10,13-14H,4-9H2. The molecular weight excluding hydrogens is 204 g/mol. The molecular formula is C12H18N2O2. The minimum Gasteiger partial charge on any atom is -0.379 e. The van der Waals surface area contributed by atoms with E-state index in [-0.39, 0.29) is 5.41 Å². The number of morpholine rings is 1. The maximum absolute atomic E-state index is 5.78. The largest absolute Gasteiger partial charge is 0.379 e. The minimum absolute atomic E-state index is 0.160. The molecule has 0 radical (unpaired) electrons. The van der Waals surface area contributed by atoms with Crippen LogP contribution in [0.1, 0.15) is 12.1 Å². The van der Waals surface area contributed by atoms with E-state index in [2.05, 4.69) is 22.4 Å². The summed E-state index contributed by atoms with van der Waals surface area (Å²) in [5.74, 6) is 0. The van der Waals surface area contributed by atoms with Crippen LogP contribution in [0.25, 0.3) is 0 Å². The Hall–Kier alpha value is -0.840. The number of hydrogen-bond acceptors (Lipinski definition) is 3. The molecule has 2 saturated heterocycles. The molecule has 88 valence electrons. The number of aromatic amines is 1. The first-order valence-corrected chi connectivity index (χ1v) is 5.93. The van der Waals surface area contributed by atoms with Crippen LogP contribution in [-0.4, -0.2) is 44.0 Å². The van der Waals surface area contributed by atoms with Crippen molar-refractivity contribution in [3.8, 4) is 0 Å². The van der Waals surface area contributed by atoms with Gasteiger partial charge in [-0.2, -0.15) is 0 Å². The van der Waals surface area contributed by atoms with Crippen LogP contribution in [-0.2, 0) is 14.9 Å². The lowest BCUT2D eigenvalue weighted by molar-refractivity contribution is -0.0957. The monoisotopic (exact) mass is 222 g/mol. The highest BCUT2D eigenvalue weighted by atomic mass is 16.5. The summed E-state index contributed by atoms with van der Waals surface area (Å²) in [5.41, 5.74) is 1.45. The fraction of sp³-hybridized carbons (Fsp3) is 0.667. The molecule has 1 unspecified atom stereocenters. The lowest BCUT2D eigenvalue weighted by atomic mass is 9.77. The van der Waals surface area contributed by atoms with Crippen molar-refractivity contribution in [3.63, 3.8) is 0 Å². The predicted octanol–water partition coefficient (Wildman–Crippen LogP) is 0.661. The quantitative estimate of drug-likeness (QED) is 0.790. The van der Waals surface area contributed by atoms with E-state index in [9.17, 15) is 0 Å². The third-order valence-electron chi connectivity index (χ3n) is 3.55. The second-order valence-corrected chi connectivity index (χ2v) is 4.76. The normalized spacial score (nSPS) is 28.6. The number of rotatable bonds is 3. The van der Waals surface area contributed by atoms with Gasteiger partial charge in [0, 0.05) is 25.0 Å². The lowest BCUT2D eigenvalue weighted by Gasteiger charge is -2.43. The summed E-state index contributed by atoms with van der Waals surface area (Å²) < 4.78 is 11.2. The van der Waals surface area contributed by atoms with Gasteiger partial charge in [0.1, 0.15) is 0 Å². The molecule has 0 saturated carbocycles. The van der Waals surface area contributed by atoms with Gasteiger partial charge in [0.15, 0.2) is 0 Å². The van der Waals surface area contributed by atoms with Crippen LogP contribution in [0.2, 0.25) is 0 Å². The van der Waals surface area contributed by atoms with Crippen LogP contribution in [0, 0.1) is 0 Å². The molecule has 2 N–H and O–H groups in total. The van der Waals surface area contributed by atoms with Crippen LogP contribution in [0.3, 0.4) is 0 Å². The zero-order chi connectivity index (χ0) is 10.8. The summed E-state index contributed by atoms with van der Waals surface area (Å²) >= 11 is 0. The molecule has 1 atom stereocenters. The molecule has 2 aliphatic rings. The number of hydrogen-bond donors (Lipinski definition) is 2. The topological polar surface area (TPSA) is 46.3 Å². The predicted molar refractivity (Wildman–Crippen MR) is 60.5 cm³/mol. The van der Waals surface area contributed by atoms with Crippen molar-refractivity contribution in [1.29, 1.82) is 0 Å². The number of ether oxygens (including phenoxy) is 2. The van der Waals surface area contributed by atoms with Crippen molar-refractivity contribution < 1.29 is 9.47 Å². The van der Waals surface area contributed by atoms with E-state index >= 15 is 0 Å². The second-order valence-electron chi connectivity index (χ2n) is 4.76. The molecule has 1 aromatic heterocycles. The fourth-order valence-electron chi connectivity index (χ4n) is 2.58. The van der Waals surface area contributed by atoms with Crippen LogP contribution in [0.5, 0.6) is 0 Å². The number of H-pyrrole nitrogens is 1. The summed E-state index contributed by atoms with van der Waals surface area (Å²) in [6.45, 7) is 4.39. The van der Waals surface area contributed by atoms with E-state index in [0.29, 0.717) is 6.10 Å². The van der Waals surface area contributed by atoms with Crippen molar-refractivity contribution in [2.45, 2.75) is 17.9 Å². The average molecular weight is 222 g/mol. The molecule has 0 spiro atoms. The van der Waals surface area contributed by atoms with Crippen LogP contribution < -0.4 is 5.32 Å². The van der Waals surface area contributed by atoms with Gasteiger partial charge in [0.25, 0.3) is 0 Å². The van der Waals surface area contributed by atoms with Crippen molar-refractivity contribution in [1.82, 2.24) is 10.3 Å². The van der Waals surface area contributed by atoms with Gasteiger partial charge in [-0.05, 0) is 18.6 Å². The third kappa shape index (κ3) is 1.77. The first kappa shape index (κ1) is 10.3.